The lowest BCUT2D eigenvalue weighted by molar-refractivity contribution is 0.443. The Morgan fingerprint density at radius 1 is 1.14 bits per heavy atom. The molecule has 1 aromatic carbocycles. The number of rotatable bonds is 7. The second-order valence-electron chi connectivity index (χ2n) is 5.34. The molecule has 0 saturated heterocycles. The second-order valence-corrected chi connectivity index (χ2v) is 7.14. The zero-order chi connectivity index (χ0) is 15.3. The SMILES string of the molecule is CC(C)CS(=O)(=O)NC(Cn1nccn1)c1ccccc1. The highest BCUT2D eigenvalue weighted by atomic mass is 32.2. The second kappa shape index (κ2) is 6.82. The van der Waals surface area contributed by atoms with Gasteiger partial charge in [-0.1, -0.05) is 44.2 Å². The zero-order valence-electron chi connectivity index (χ0n) is 12.2. The molecule has 0 fully saturated rings. The number of sulfonamides is 1. The molecule has 0 saturated carbocycles. The van der Waals surface area contributed by atoms with Gasteiger partial charge in [0, 0.05) is 0 Å². The number of hydrogen-bond donors (Lipinski definition) is 1. The van der Waals surface area contributed by atoms with Crippen LogP contribution in [-0.4, -0.2) is 29.2 Å². The van der Waals surface area contributed by atoms with E-state index in [1.165, 1.54) is 4.80 Å². The van der Waals surface area contributed by atoms with Crippen LogP contribution < -0.4 is 4.72 Å². The molecule has 114 valence electrons. The van der Waals surface area contributed by atoms with Gasteiger partial charge in [-0.3, -0.25) is 0 Å². The summed E-state index contributed by atoms with van der Waals surface area (Å²) in [6.45, 7) is 4.12. The van der Waals surface area contributed by atoms with Crippen LogP contribution in [0, 0.1) is 5.92 Å². The molecule has 0 spiro atoms. The molecule has 1 N–H and O–H groups in total. The number of nitrogens with one attached hydrogen (secondary N) is 1. The maximum atomic E-state index is 12.2. The predicted octanol–water partition coefficient (Wildman–Crippen LogP) is 1.59. The molecule has 7 heteroatoms. The number of benzene rings is 1. The Hall–Kier alpha value is -1.73. The molecular weight excluding hydrogens is 288 g/mol. The molecule has 2 rings (SSSR count). The minimum atomic E-state index is -3.35. The molecule has 6 nitrogen and oxygen atoms in total. The molecule has 1 unspecified atom stereocenters. The third kappa shape index (κ3) is 4.95. The van der Waals surface area contributed by atoms with Gasteiger partial charge in [-0.05, 0) is 11.5 Å². The van der Waals surface area contributed by atoms with Gasteiger partial charge >= 0.3 is 0 Å². The minimum Gasteiger partial charge on any atom is -0.212 e. The highest BCUT2D eigenvalue weighted by Gasteiger charge is 2.21. The first-order chi connectivity index (χ1) is 9.96. The zero-order valence-corrected chi connectivity index (χ0v) is 13.0. The molecule has 0 aliphatic carbocycles. The van der Waals surface area contributed by atoms with Crippen LogP contribution in [-0.2, 0) is 16.6 Å². The van der Waals surface area contributed by atoms with E-state index in [1.54, 1.807) is 12.4 Å². The van der Waals surface area contributed by atoms with Crippen molar-refractivity contribution in [2.45, 2.75) is 26.4 Å². The maximum Gasteiger partial charge on any atom is 0.212 e. The monoisotopic (exact) mass is 308 g/mol. The van der Waals surface area contributed by atoms with Crippen molar-refractivity contribution < 1.29 is 8.42 Å². The van der Waals surface area contributed by atoms with Gasteiger partial charge in [-0.15, -0.1) is 0 Å². The summed E-state index contributed by atoms with van der Waals surface area (Å²) in [5, 5.41) is 8.09. The van der Waals surface area contributed by atoms with Crippen molar-refractivity contribution in [1.82, 2.24) is 19.7 Å². The molecule has 1 atom stereocenters. The van der Waals surface area contributed by atoms with E-state index in [1.807, 2.05) is 44.2 Å². The lowest BCUT2D eigenvalue weighted by atomic mass is 10.1. The fraction of sp³-hybridized carbons (Fsp3) is 0.429. The molecule has 2 aromatic rings. The summed E-state index contributed by atoms with van der Waals surface area (Å²) in [6.07, 6.45) is 3.15. The summed E-state index contributed by atoms with van der Waals surface area (Å²) in [7, 11) is -3.35. The quantitative estimate of drug-likeness (QED) is 0.843. The van der Waals surface area contributed by atoms with E-state index in [9.17, 15) is 8.42 Å². The first-order valence-corrected chi connectivity index (χ1v) is 8.50. The lowest BCUT2D eigenvalue weighted by Gasteiger charge is -2.19. The average Bonchev–Trinajstić information content (AvgIpc) is 2.90. The van der Waals surface area contributed by atoms with E-state index in [2.05, 4.69) is 14.9 Å². The van der Waals surface area contributed by atoms with E-state index >= 15 is 0 Å². The Labute approximate surface area is 125 Å². The first kappa shape index (κ1) is 15.7. The summed E-state index contributed by atoms with van der Waals surface area (Å²) in [4.78, 5) is 1.48. The molecule has 0 aliphatic heterocycles. The van der Waals surface area contributed by atoms with Crippen molar-refractivity contribution >= 4 is 10.0 Å². The Balaban J connectivity index is 2.20. The molecule has 1 aromatic heterocycles. The Morgan fingerprint density at radius 2 is 1.76 bits per heavy atom. The summed E-state index contributed by atoms with van der Waals surface area (Å²) in [6, 6.07) is 9.07. The van der Waals surface area contributed by atoms with Crippen LogP contribution in [0.15, 0.2) is 42.7 Å². The molecule has 0 radical (unpaired) electrons. The third-order valence-corrected chi connectivity index (χ3v) is 4.64. The fourth-order valence-electron chi connectivity index (χ4n) is 2.10. The molecule has 0 aliphatic rings. The topological polar surface area (TPSA) is 76.9 Å². The van der Waals surface area contributed by atoms with Crippen molar-refractivity contribution in [1.29, 1.82) is 0 Å². The van der Waals surface area contributed by atoms with Crippen LogP contribution in [0.1, 0.15) is 25.5 Å². The number of hydrogen-bond acceptors (Lipinski definition) is 4. The van der Waals surface area contributed by atoms with Crippen molar-refractivity contribution in [2.75, 3.05) is 5.75 Å². The van der Waals surface area contributed by atoms with Gasteiger partial charge in [0.25, 0.3) is 0 Å². The standard InChI is InChI=1S/C14H20N4O2S/c1-12(2)11-21(19,20)17-14(10-18-15-8-9-16-18)13-6-4-3-5-7-13/h3-9,12,14,17H,10-11H2,1-2H3. The Morgan fingerprint density at radius 3 is 2.33 bits per heavy atom. The van der Waals surface area contributed by atoms with Crippen molar-refractivity contribution in [3.05, 3.63) is 48.3 Å². The van der Waals surface area contributed by atoms with Crippen LogP contribution in [0.25, 0.3) is 0 Å². The van der Waals surface area contributed by atoms with Gasteiger partial charge in [0.15, 0.2) is 0 Å². The highest BCUT2D eigenvalue weighted by molar-refractivity contribution is 7.89. The molecule has 0 bridgehead atoms. The van der Waals surface area contributed by atoms with Crippen LogP contribution in [0.2, 0.25) is 0 Å². The largest absolute Gasteiger partial charge is 0.212 e. The smallest absolute Gasteiger partial charge is 0.212 e. The van der Waals surface area contributed by atoms with Crippen LogP contribution in [0.4, 0.5) is 0 Å². The lowest BCUT2D eigenvalue weighted by Crippen LogP contribution is -2.34. The number of nitrogens with zero attached hydrogens (tertiary/aromatic N) is 3. The van der Waals surface area contributed by atoms with Crippen molar-refractivity contribution in [3.8, 4) is 0 Å². The molecule has 21 heavy (non-hydrogen) atoms. The average molecular weight is 308 g/mol. The highest BCUT2D eigenvalue weighted by Crippen LogP contribution is 2.16. The van der Waals surface area contributed by atoms with Crippen LogP contribution in [0.5, 0.6) is 0 Å². The summed E-state index contributed by atoms with van der Waals surface area (Å²) >= 11 is 0. The van der Waals surface area contributed by atoms with Gasteiger partial charge < -0.3 is 0 Å². The van der Waals surface area contributed by atoms with Gasteiger partial charge in [0.05, 0.1) is 30.7 Å². The maximum absolute atomic E-state index is 12.2. The minimum absolute atomic E-state index is 0.0711. The summed E-state index contributed by atoms with van der Waals surface area (Å²) in [5.41, 5.74) is 0.891. The van der Waals surface area contributed by atoms with Crippen LogP contribution >= 0.6 is 0 Å². The Bertz CT molecular complexity index is 639. The van der Waals surface area contributed by atoms with Gasteiger partial charge in [0.2, 0.25) is 10.0 Å². The van der Waals surface area contributed by atoms with Gasteiger partial charge in [-0.25, -0.2) is 13.1 Å². The van der Waals surface area contributed by atoms with E-state index in [4.69, 9.17) is 0 Å². The summed E-state index contributed by atoms with van der Waals surface area (Å²) in [5.74, 6) is 0.171. The van der Waals surface area contributed by atoms with Gasteiger partial charge in [-0.2, -0.15) is 15.0 Å². The normalized spacial score (nSPS) is 13.5. The van der Waals surface area contributed by atoms with Gasteiger partial charge in [0.1, 0.15) is 0 Å². The molecule has 0 amide bonds. The first-order valence-electron chi connectivity index (χ1n) is 6.85. The molecule has 1 heterocycles. The Kier molecular flexibility index (Phi) is 5.08. The van der Waals surface area contributed by atoms with E-state index < -0.39 is 10.0 Å². The predicted molar refractivity (Wildman–Crippen MR) is 81.0 cm³/mol. The van der Waals surface area contributed by atoms with Crippen molar-refractivity contribution in [3.63, 3.8) is 0 Å². The molecular formula is C14H20N4O2S. The third-order valence-electron chi connectivity index (χ3n) is 2.89. The fourth-order valence-corrected chi connectivity index (χ4v) is 3.72. The van der Waals surface area contributed by atoms with E-state index in [0.29, 0.717) is 6.54 Å². The number of aromatic nitrogens is 3. The summed E-state index contributed by atoms with van der Waals surface area (Å²) < 4.78 is 27.1. The van der Waals surface area contributed by atoms with E-state index in [-0.39, 0.29) is 17.7 Å². The van der Waals surface area contributed by atoms with Crippen LogP contribution in [0.3, 0.4) is 0 Å². The van der Waals surface area contributed by atoms with E-state index in [0.717, 1.165) is 5.56 Å². The van der Waals surface area contributed by atoms with Crippen molar-refractivity contribution in [2.24, 2.45) is 5.92 Å².